The summed E-state index contributed by atoms with van der Waals surface area (Å²) in [6.45, 7) is 5.30. The number of aromatic nitrogens is 5. The highest BCUT2D eigenvalue weighted by molar-refractivity contribution is 5.81. The molecule has 0 saturated heterocycles. The van der Waals surface area contributed by atoms with Gasteiger partial charge in [-0.2, -0.15) is 9.97 Å². The van der Waals surface area contributed by atoms with Crippen molar-refractivity contribution >= 4 is 17.0 Å². The van der Waals surface area contributed by atoms with Crippen LogP contribution in [-0.2, 0) is 6.54 Å². The van der Waals surface area contributed by atoms with Crippen molar-refractivity contribution in [3.05, 3.63) is 34.4 Å². The SMILES string of the molecule is CCCCOc1nc(N)c2[nH]c(=O)n(Cc3ccc(OCC)nc3)c2n1. The number of nitrogen functional groups attached to an aromatic ring is 1. The lowest BCUT2D eigenvalue weighted by Crippen LogP contribution is -2.18. The number of fused-ring (bicyclic) bond motifs is 1. The van der Waals surface area contributed by atoms with E-state index in [4.69, 9.17) is 15.2 Å². The highest BCUT2D eigenvalue weighted by atomic mass is 16.5. The lowest BCUT2D eigenvalue weighted by Gasteiger charge is -2.07. The van der Waals surface area contributed by atoms with Gasteiger partial charge >= 0.3 is 11.7 Å². The van der Waals surface area contributed by atoms with E-state index in [9.17, 15) is 4.79 Å². The van der Waals surface area contributed by atoms with Crippen LogP contribution in [0.2, 0.25) is 0 Å². The molecule has 26 heavy (non-hydrogen) atoms. The molecule has 0 atom stereocenters. The van der Waals surface area contributed by atoms with Gasteiger partial charge in [-0.1, -0.05) is 19.4 Å². The zero-order valence-electron chi connectivity index (χ0n) is 14.9. The molecule has 0 bridgehead atoms. The van der Waals surface area contributed by atoms with Crippen molar-refractivity contribution in [2.24, 2.45) is 0 Å². The minimum Gasteiger partial charge on any atom is -0.478 e. The smallest absolute Gasteiger partial charge is 0.328 e. The maximum absolute atomic E-state index is 12.3. The van der Waals surface area contributed by atoms with Gasteiger partial charge in [-0.15, -0.1) is 0 Å². The fraction of sp³-hybridized carbons (Fsp3) is 0.412. The first-order chi connectivity index (χ1) is 12.6. The second kappa shape index (κ2) is 7.85. The number of nitrogens with one attached hydrogen (secondary N) is 1. The van der Waals surface area contributed by atoms with Gasteiger partial charge in [0.05, 0.1) is 19.8 Å². The molecule has 0 spiro atoms. The molecule has 0 aliphatic carbocycles. The van der Waals surface area contributed by atoms with E-state index in [1.165, 1.54) is 4.57 Å². The van der Waals surface area contributed by atoms with Crippen LogP contribution in [0.4, 0.5) is 5.82 Å². The Bertz CT molecular complexity index is 932. The lowest BCUT2D eigenvalue weighted by molar-refractivity contribution is 0.286. The summed E-state index contributed by atoms with van der Waals surface area (Å²) in [4.78, 5) is 27.7. The fourth-order valence-corrected chi connectivity index (χ4v) is 2.47. The molecule has 0 unspecified atom stereocenters. The Morgan fingerprint density at radius 2 is 2.08 bits per heavy atom. The Balaban J connectivity index is 1.91. The number of anilines is 1. The first-order valence-corrected chi connectivity index (χ1v) is 8.59. The molecule has 0 aliphatic rings. The van der Waals surface area contributed by atoms with Crippen LogP contribution in [0.25, 0.3) is 11.2 Å². The number of nitrogens with zero attached hydrogens (tertiary/aromatic N) is 4. The van der Waals surface area contributed by atoms with Crippen LogP contribution in [-0.4, -0.2) is 37.7 Å². The van der Waals surface area contributed by atoms with Crippen molar-refractivity contribution in [3.63, 3.8) is 0 Å². The molecule has 138 valence electrons. The van der Waals surface area contributed by atoms with Crippen molar-refractivity contribution in [1.29, 1.82) is 0 Å². The normalized spacial score (nSPS) is 11.0. The minimum atomic E-state index is -0.319. The standard InChI is InChI=1S/C17H22N6O3/c1-3-5-8-26-16-21-14(18)13-15(22-16)23(17(24)20-13)10-11-6-7-12(19-9-11)25-4-2/h6-7,9H,3-5,8,10H2,1-2H3,(H,20,24)(H2,18,21,22). The Morgan fingerprint density at radius 1 is 1.23 bits per heavy atom. The van der Waals surface area contributed by atoms with Crippen LogP contribution in [0, 0.1) is 0 Å². The zero-order valence-corrected chi connectivity index (χ0v) is 14.9. The van der Waals surface area contributed by atoms with Gasteiger partial charge in [-0.25, -0.2) is 9.78 Å². The number of aromatic amines is 1. The first-order valence-electron chi connectivity index (χ1n) is 8.59. The molecule has 3 heterocycles. The van der Waals surface area contributed by atoms with E-state index in [2.05, 4.69) is 26.9 Å². The van der Waals surface area contributed by atoms with Crippen LogP contribution in [0.5, 0.6) is 11.9 Å². The second-order valence-corrected chi connectivity index (χ2v) is 5.75. The number of nitrogens with two attached hydrogens (primary N) is 1. The molecular weight excluding hydrogens is 336 g/mol. The third-order valence-corrected chi connectivity index (χ3v) is 3.79. The van der Waals surface area contributed by atoms with Crippen molar-refractivity contribution in [2.45, 2.75) is 33.2 Å². The molecule has 0 fully saturated rings. The molecule has 9 heteroatoms. The molecule has 9 nitrogen and oxygen atoms in total. The average Bonchev–Trinajstić information content (AvgIpc) is 2.94. The van der Waals surface area contributed by atoms with E-state index in [0.29, 0.717) is 36.8 Å². The summed E-state index contributed by atoms with van der Waals surface area (Å²) < 4.78 is 12.3. The Morgan fingerprint density at radius 3 is 2.77 bits per heavy atom. The summed E-state index contributed by atoms with van der Waals surface area (Å²) in [5, 5.41) is 0. The summed E-state index contributed by atoms with van der Waals surface area (Å²) in [5.41, 5.74) is 7.27. The summed E-state index contributed by atoms with van der Waals surface area (Å²) in [7, 11) is 0. The number of ether oxygens (including phenoxy) is 2. The molecule has 0 saturated carbocycles. The molecule has 3 aromatic heterocycles. The zero-order chi connectivity index (χ0) is 18.5. The highest BCUT2D eigenvalue weighted by Crippen LogP contribution is 2.19. The summed E-state index contributed by atoms with van der Waals surface area (Å²) in [5.74, 6) is 0.725. The highest BCUT2D eigenvalue weighted by Gasteiger charge is 2.15. The first kappa shape index (κ1) is 17.7. The lowest BCUT2D eigenvalue weighted by atomic mass is 10.3. The van der Waals surface area contributed by atoms with E-state index in [-0.39, 0.29) is 17.5 Å². The number of unbranched alkanes of at least 4 members (excludes halogenated alkanes) is 1. The van der Waals surface area contributed by atoms with E-state index in [1.54, 1.807) is 12.3 Å². The van der Waals surface area contributed by atoms with E-state index in [0.717, 1.165) is 18.4 Å². The van der Waals surface area contributed by atoms with Crippen LogP contribution in [0.15, 0.2) is 23.1 Å². The van der Waals surface area contributed by atoms with Crippen molar-refractivity contribution in [2.75, 3.05) is 18.9 Å². The molecule has 0 amide bonds. The summed E-state index contributed by atoms with van der Waals surface area (Å²) >= 11 is 0. The monoisotopic (exact) mass is 358 g/mol. The third kappa shape index (κ3) is 3.76. The number of hydrogen-bond acceptors (Lipinski definition) is 7. The number of hydrogen-bond donors (Lipinski definition) is 2. The number of rotatable bonds is 8. The Labute approximate surface area is 150 Å². The number of pyridine rings is 1. The average molecular weight is 358 g/mol. The quantitative estimate of drug-likeness (QED) is 0.588. The van der Waals surface area contributed by atoms with Crippen molar-refractivity contribution < 1.29 is 9.47 Å². The van der Waals surface area contributed by atoms with E-state index in [1.807, 2.05) is 13.0 Å². The van der Waals surface area contributed by atoms with Gasteiger partial charge in [0.25, 0.3) is 0 Å². The Kier molecular flexibility index (Phi) is 5.35. The van der Waals surface area contributed by atoms with Gasteiger partial charge in [0.1, 0.15) is 5.52 Å². The molecule has 3 N–H and O–H groups in total. The summed E-state index contributed by atoms with van der Waals surface area (Å²) in [6.07, 6.45) is 3.55. The third-order valence-electron chi connectivity index (χ3n) is 3.79. The van der Waals surface area contributed by atoms with Gasteiger partial charge < -0.3 is 20.2 Å². The predicted molar refractivity (Wildman–Crippen MR) is 97.5 cm³/mol. The molecular formula is C17H22N6O3. The largest absolute Gasteiger partial charge is 0.478 e. The molecule has 3 aromatic rings. The molecule has 3 rings (SSSR count). The van der Waals surface area contributed by atoms with Crippen LogP contribution < -0.4 is 20.9 Å². The predicted octanol–water partition coefficient (Wildman–Crippen LogP) is 1.72. The maximum Gasteiger partial charge on any atom is 0.328 e. The molecule has 0 aliphatic heterocycles. The van der Waals surface area contributed by atoms with Gasteiger partial charge in [0.15, 0.2) is 11.5 Å². The van der Waals surface area contributed by atoms with Crippen LogP contribution in [0.1, 0.15) is 32.3 Å². The van der Waals surface area contributed by atoms with E-state index >= 15 is 0 Å². The van der Waals surface area contributed by atoms with Gasteiger partial charge in [0.2, 0.25) is 5.88 Å². The topological polar surface area (TPSA) is 121 Å². The van der Waals surface area contributed by atoms with Crippen LogP contribution >= 0.6 is 0 Å². The second-order valence-electron chi connectivity index (χ2n) is 5.75. The Hall–Kier alpha value is -3.10. The van der Waals surface area contributed by atoms with Gasteiger partial charge in [0, 0.05) is 12.3 Å². The maximum atomic E-state index is 12.3. The van der Waals surface area contributed by atoms with Gasteiger partial charge in [-0.05, 0) is 18.9 Å². The van der Waals surface area contributed by atoms with Crippen molar-refractivity contribution in [1.82, 2.24) is 24.5 Å². The number of H-pyrrole nitrogens is 1. The fourth-order valence-electron chi connectivity index (χ4n) is 2.47. The van der Waals surface area contributed by atoms with Crippen molar-refractivity contribution in [3.8, 4) is 11.9 Å². The van der Waals surface area contributed by atoms with Crippen LogP contribution in [0.3, 0.4) is 0 Å². The minimum absolute atomic E-state index is 0.168. The molecule has 0 radical (unpaired) electrons. The molecule has 0 aromatic carbocycles. The summed E-state index contributed by atoms with van der Waals surface area (Å²) in [6, 6.07) is 3.79. The van der Waals surface area contributed by atoms with Gasteiger partial charge in [-0.3, -0.25) is 4.57 Å². The number of imidazole rings is 1. The van der Waals surface area contributed by atoms with E-state index < -0.39 is 0 Å².